The summed E-state index contributed by atoms with van der Waals surface area (Å²) in [6.45, 7) is 0. The van der Waals surface area contributed by atoms with Crippen LogP contribution in [0.3, 0.4) is 0 Å². The van der Waals surface area contributed by atoms with E-state index in [1.54, 1.807) is 24.3 Å². The number of benzene rings is 2. The second kappa shape index (κ2) is 7.59. The number of aromatic nitrogens is 3. The van der Waals surface area contributed by atoms with E-state index in [-0.39, 0.29) is 5.75 Å². The number of rotatable bonds is 6. The molecule has 1 aromatic heterocycles. The van der Waals surface area contributed by atoms with Gasteiger partial charge in [0, 0.05) is 15.8 Å². The molecule has 3 rings (SSSR count). The van der Waals surface area contributed by atoms with Crippen molar-refractivity contribution in [1.29, 1.82) is 0 Å². The van der Waals surface area contributed by atoms with E-state index in [1.165, 1.54) is 16.4 Å². The van der Waals surface area contributed by atoms with E-state index in [0.717, 1.165) is 10.0 Å². The fourth-order valence-electron chi connectivity index (χ4n) is 2.16. The average Bonchev–Trinajstić information content (AvgIpc) is 2.97. The van der Waals surface area contributed by atoms with Crippen LogP contribution in [-0.4, -0.2) is 34.8 Å². The second-order valence-corrected chi connectivity index (χ2v) is 9.25. The molecule has 2 aromatic carbocycles. The van der Waals surface area contributed by atoms with Crippen LogP contribution in [0.25, 0.3) is 11.4 Å². The molecule has 130 valence electrons. The molecule has 0 aliphatic rings. The largest absolute Gasteiger partial charge is 0.335 e. The maximum atomic E-state index is 12.3. The van der Waals surface area contributed by atoms with Crippen molar-refractivity contribution in [2.45, 2.75) is 10.1 Å². The SMILES string of the molecule is Nn1c(SCCS(=O)(=O)c2ccc(Br)cc2)nnc1-c1ccccc1. The predicted molar refractivity (Wildman–Crippen MR) is 103 cm³/mol. The number of halogens is 1. The Morgan fingerprint density at radius 1 is 1.04 bits per heavy atom. The number of hydrogen-bond donors (Lipinski definition) is 1. The molecule has 0 fully saturated rings. The van der Waals surface area contributed by atoms with Crippen LogP contribution in [0.1, 0.15) is 0 Å². The zero-order valence-electron chi connectivity index (χ0n) is 13.0. The van der Waals surface area contributed by atoms with Crippen molar-refractivity contribution < 1.29 is 8.42 Å². The van der Waals surface area contributed by atoms with Crippen LogP contribution >= 0.6 is 27.7 Å². The predicted octanol–water partition coefficient (Wildman–Crippen LogP) is 2.99. The molecule has 3 aromatic rings. The van der Waals surface area contributed by atoms with Crippen LogP contribution in [-0.2, 0) is 9.84 Å². The first-order chi connectivity index (χ1) is 12.0. The summed E-state index contributed by atoms with van der Waals surface area (Å²) in [6.07, 6.45) is 0. The Bertz CT molecular complexity index is 958. The molecular formula is C16H15BrN4O2S2. The van der Waals surface area contributed by atoms with Crippen molar-refractivity contribution in [2.75, 3.05) is 17.3 Å². The Kier molecular flexibility index (Phi) is 5.45. The average molecular weight is 439 g/mol. The summed E-state index contributed by atoms with van der Waals surface area (Å²) in [4.78, 5) is 0.301. The summed E-state index contributed by atoms with van der Waals surface area (Å²) in [5, 5.41) is 8.60. The third-order valence-electron chi connectivity index (χ3n) is 3.45. The van der Waals surface area contributed by atoms with Gasteiger partial charge in [-0.2, -0.15) is 0 Å². The Hall–Kier alpha value is -1.84. The van der Waals surface area contributed by atoms with Crippen molar-refractivity contribution in [1.82, 2.24) is 14.9 Å². The summed E-state index contributed by atoms with van der Waals surface area (Å²) in [6, 6.07) is 16.1. The highest BCUT2D eigenvalue weighted by atomic mass is 79.9. The monoisotopic (exact) mass is 438 g/mol. The number of nitrogen functional groups attached to an aromatic ring is 1. The summed E-state index contributed by atoms with van der Waals surface area (Å²) in [5.41, 5.74) is 0.854. The molecule has 0 aliphatic carbocycles. The minimum Gasteiger partial charge on any atom is -0.335 e. The first-order valence-corrected chi connectivity index (χ1v) is 10.8. The van der Waals surface area contributed by atoms with Gasteiger partial charge in [0.1, 0.15) is 0 Å². The highest BCUT2D eigenvalue weighted by Gasteiger charge is 2.16. The van der Waals surface area contributed by atoms with Crippen LogP contribution in [0.4, 0.5) is 0 Å². The van der Waals surface area contributed by atoms with Gasteiger partial charge in [-0.05, 0) is 24.3 Å². The van der Waals surface area contributed by atoms with E-state index < -0.39 is 9.84 Å². The molecule has 0 unspecified atom stereocenters. The van der Waals surface area contributed by atoms with Crippen LogP contribution in [0.5, 0.6) is 0 Å². The second-order valence-electron chi connectivity index (χ2n) is 5.16. The van der Waals surface area contributed by atoms with Crippen molar-refractivity contribution in [3.8, 4) is 11.4 Å². The number of thioether (sulfide) groups is 1. The van der Waals surface area contributed by atoms with Gasteiger partial charge >= 0.3 is 0 Å². The topological polar surface area (TPSA) is 90.9 Å². The lowest BCUT2D eigenvalue weighted by atomic mass is 10.2. The molecule has 0 amide bonds. The summed E-state index contributed by atoms with van der Waals surface area (Å²) >= 11 is 4.56. The minimum absolute atomic E-state index is 0.00711. The Morgan fingerprint density at radius 3 is 2.40 bits per heavy atom. The van der Waals surface area contributed by atoms with Gasteiger partial charge < -0.3 is 5.84 Å². The van der Waals surface area contributed by atoms with Gasteiger partial charge in [-0.25, -0.2) is 13.1 Å². The number of nitrogens with two attached hydrogens (primary N) is 1. The van der Waals surface area contributed by atoms with E-state index in [1.807, 2.05) is 30.3 Å². The van der Waals surface area contributed by atoms with E-state index >= 15 is 0 Å². The maximum absolute atomic E-state index is 12.3. The quantitative estimate of drug-likeness (QED) is 0.469. The van der Waals surface area contributed by atoms with Gasteiger partial charge in [0.05, 0.1) is 10.6 Å². The van der Waals surface area contributed by atoms with Crippen molar-refractivity contribution in [3.63, 3.8) is 0 Å². The first kappa shape index (κ1) is 18.0. The number of sulfone groups is 1. The van der Waals surface area contributed by atoms with E-state index in [0.29, 0.717) is 21.6 Å². The van der Waals surface area contributed by atoms with Crippen LogP contribution in [0, 0.1) is 0 Å². The van der Waals surface area contributed by atoms with Gasteiger partial charge in [-0.1, -0.05) is 58.0 Å². The van der Waals surface area contributed by atoms with Crippen LogP contribution in [0.2, 0.25) is 0 Å². The molecule has 0 aliphatic heterocycles. The van der Waals surface area contributed by atoms with Crippen LogP contribution < -0.4 is 5.84 Å². The lowest BCUT2D eigenvalue weighted by molar-refractivity contribution is 0.597. The summed E-state index contributed by atoms with van der Waals surface area (Å²) in [5.74, 6) is 6.90. The first-order valence-electron chi connectivity index (χ1n) is 7.34. The molecule has 9 heteroatoms. The fourth-order valence-corrected chi connectivity index (χ4v) is 4.93. The molecular weight excluding hydrogens is 424 g/mol. The fraction of sp³-hybridized carbons (Fsp3) is 0.125. The van der Waals surface area contributed by atoms with E-state index in [2.05, 4.69) is 26.1 Å². The zero-order valence-corrected chi connectivity index (χ0v) is 16.3. The zero-order chi connectivity index (χ0) is 17.9. The van der Waals surface area contributed by atoms with Crippen molar-refractivity contribution in [2.24, 2.45) is 0 Å². The Morgan fingerprint density at radius 2 is 1.72 bits per heavy atom. The minimum atomic E-state index is -3.35. The van der Waals surface area contributed by atoms with Gasteiger partial charge in [0.25, 0.3) is 0 Å². The molecule has 6 nitrogen and oxygen atoms in total. The lowest BCUT2D eigenvalue weighted by Gasteiger charge is -2.05. The van der Waals surface area contributed by atoms with E-state index in [4.69, 9.17) is 5.84 Å². The molecule has 25 heavy (non-hydrogen) atoms. The molecule has 0 radical (unpaired) electrons. The van der Waals surface area contributed by atoms with E-state index in [9.17, 15) is 8.42 Å². The highest BCUT2D eigenvalue weighted by Crippen LogP contribution is 2.22. The molecule has 0 saturated carbocycles. The molecule has 0 bridgehead atoms. The molecule has 0 spiro atoms. The third-order valence-corrected chi connectivity index (χ3v) is 6.92. The molecule has 1 heterocycles. The highest BCUT2D eigenvalue weighted by molar-refractivity contribution is 9.10. The summed E-state index contributed by atoms with van der Waals surface area (Å²) < 4.78 is 26.9. The van der Waals surface area contributed by atoms with Gasteiger partial charge in [-0.15, -0.1) is 10.2 Å². The van der Waals surface area contributed by atoms with Gasteiger partial charge in [-0.3, -0.25) is 0 Å². The Balaban J connectivity index is 1.67. The standard InChI is InChI=1S/C16H15BrN4O2S2/c17-13-6-8-14(9-7-13)25(22,23)11-10-24-16-20-19-15(21(16)18)12-4-2-1-3-5-12/h1-9H,10-11,18H2. The number of hydrogen-bond acceptors (Lipinski definition) is 6. The lowest BCUT2D eigenvalue weighted by Crippen LogP contribution is -2.13. The number of nitrogens with zero attached hydrogens (tertiary/aromatic N) is 3. The Labute approximate surface area is 158 Å². The normalized spacial score (nSPS) is 11.6. The third kappa shape index (κ3) is 4.23. The smallest absolute Gasteiger partial charge is 0.210 e. The molecule has 2 N–H and O–H groups in total. The van der Waals surface area contributed by atoms with Crippen molar-refractivity contribution in [3.05, 3.63) is 59.1 Å². The van der Waals surface area contributed by atoms with Gasteiger partial charge in [0.15, 0.2) is 15.7 Å². The molecule has 0 atom stereocenters. The summed E-state index contributed by atoms with van der Waals surface area (Å²) in [7, 11) is -3.35. The molecule has 0 saturated heterocycles. The maximum Gasteiger partial charge on any atom is 0.210 e. The van der Waals surface area contributed by atoms with Crippen LogP contribution in [0.15, 0.2) is 69.1 Å². The van der Waals surface area contributed by atoms with Crippen molar-refractivity contribution >= 4 is 37.5 Å². The van der Waals surface area contributed by atoms with Gasteiger partial charge in [0.2, 0.25) is 5.16 Å².